The van der Waals surface area contributed by atoms with Gasteiger partial charge in [-0.25, -0.2) is 18.5 Å². The predicted molar refractivity (Wildman–Crippen MR) is 108 cm³/mol. The highest BCUT2D eigenvalue weighted by molar-refractivity contribution is 7.89. The van der Waals surface area contributed by atoms with E-state index in [2.05, 4.69) is 15.2 Å². The van der Waals surface area contributed by atoms with Crippen LogP contribution in [0.5, 0.6) is 0 Å². The Morgan fingerprint density at radius 2 is 1.64 bits per heavy atom. The Kier molecular flexibility index (Phi) is 6.64. The third-order valence-electron chi connectivity index (χ3n) is 4.85. The Bertz CT molecular complexity index is 888. The van der Waals surface area contributed by atoms with Gasteiger partial charge in [0.15, 0.2) is 0 Å². The quantitative estimate of drug-likeness (QED) is 0.768. The zero-order chi connectivity index (χ0) is 20.0. The summed E-state index contributed by atoms with van der Waals surface area (Å²) < 4.78 is 22.5. The first-order chi connectivity index (χ1) is 13.4. The average molecular weight is 403 g/mol. The van der Waals surface area contributed by atoms with E-state index >= 15 is 0 Å². The Balaban J connectivity index is 1.50. The Labute approximate surface area is 166 Å². The fraction of sp³-hybridized carbons (Fsp3) is 0.400. The summed E-state index contributed by atoms with van der Waals surface area (Å²) in [5, 5.41) is 7.94. The lowest BCUT2D eigenvalue weighted by Gasteiger charge is -2.21. The topological polar surface area (TPSA) is 105 Å². The molecule has 0 radical (unpaired) electrons. The zero-order valence-corrected chi connectivity index (χ0v) is 16.6. The number of nitrogens with two attached hydrogens (primary N) is 1. The molecule has 0 spiro atoms. The van der Waals surface area contributed by atoms with Gasteiger partial charge in [-0.15, -0.1) is 0 Å². The number of carbonyl (C=O) groups excluding carboxylic acids is 1. The summed E-state index contributed by atoms with van der Waals surface area (Å²) in [5.74, 6) is 0.854. The van der Waals surface area contributed by atoms with Crippen LogP contribution >= 0.6 is 0 Å². The van der Waals surface area contributed by atoms with E-state index in [1.807, 2.05) is 12.1 Å². The van der Waals surface area contributed by atoms with Crippen LogP contribution in [0.15, 0.2) is 47.5 Å². The maximum Gasteiger partial charge on any atom is 0.238 e. The van der Waals surface area contributed by atoms with Gasteiger partial charge in [-0.05, 0) is 42.2 Å². The van der Waals surface area contributed by atoms with Crippen LogP contribution in [0, 0.1) is 0 Å². The molecule has 0 atom stereocenters. The molecule has 150 valence electrons. The molecule has 0 saturated carbocycles. The summed E-state index contributed by atoms with van der Waals surface area (Å²) in [7, 11) is -3.72. The van der Waals surface area contributed by atoms with E-state index in [0.29, 0.717) is 6.54 Å². The van der Waals surface area contributed by atoms with Gasteiger partial charge in [0.25, 0.3) is 0 Å². The van der Waals surface area contributed by atoms with Crippen molar-refractivity contribution in [2.45, 2.75) is 43.5 Å². The van der Waals surface area contributed by atoms with Gasteiger partial charge >= 0.3 is 0 Å². The minimum Gasteiger partial charge on any atom is -0.357 e. The molecule has 7 nitrogen and oxygen atoms in total. The second-order valence-electron chi connectivity index (χ2n) is 7.07. The number of anilines is 1. The predicted octanol–water partition coefficient (Wildman–Crippen LogP) is 1.97. The smallest absolute Gasteiger partial charge is 0.238 e. The standard InChI is InChI=1S/C20H26N4O3S/c21-28(26,27)18-8-5-16(6-9-18)13-20(25)23-15-17-7-10-19(22-14-17)24-11-3-1-2-4-12-24/h5-10,14H,1-4,11-13,15H2,(H,23,25)(H2,21,26,27). The van der Waals surface area contributed by atoms with Crippen molar-refractivity contribution in [3.05, 3.63) is 53.7 Å². The lowest BCUT2D eigenvalue weighted by molar-refractivity contribution is -0.120. The minimum absolute atomic E-state index is 0.0345. The number of carbonyl (C=O) groups is 1. The van der Waals surface area contributed by atoms with Gasteiger partial charge in [0.2, 0.25) is 15.9 Å². The largest absolute Gasteiger partial charge is 0.357 e. The summed E-state index contributed by atoms with van der Waals surface area (Å²) in [6.45, 7) is 2.50. The van der Waals surface area contributed by atoms with Gasteiger partial charge < -0.3 is 10.2 Å². The Hall–Kier alpha value is -2.45. The molecular formula is C20H26N4O3S. The number of nitrogens with one attached hydrogen (secondary N) is 1. The summed E-state index contributed by atoms with van der Waals surface area (Å²) in [5.41, 5.74) is 1.66. The second kappa shape index (κ2) is 9.16. The van der Waals surface area contributed by atoms with Crippen LogP contribution in [0.2, 0.25) is 0 Å². The number of rotatable bonds is 6. The van der Waals surface area contributed by atoms with Gasteiger partial charge in [0, 0.05) is 25.8 Å². The molecule has 3 rings (SSSR count). The lowest BCUT2D eigenvalue weighted by Crippen LogP contribution is -2.26. The molecule has 0 unspecified atom stereocenters. The molecule has 0 bridgehead atoms. The first-order valence-corrected chi connectivity index (χ1v) is 11.0. The molecule has 1 aromatic carbocycles. The number of primary sulfonamides is 1. The van der Waals surface area contributed by atoms with Crippen LogP contribution < -0.4 is 15.4 Å². The van der Waals surface area contributed by atoms with E-state index in [1.165, 1.54) is 37.8 Å². The van der Waals surface area contributed by atoms with Crippen molar-refractivity contribution >= 4 is 21.7 Å². The number of nitrogens with zero attached hydrogens (tertiary/aromatic N) is 2. The number of hydrogen-bond acceptors (Lipinski definition) is 5. The molecule has 1 aliphatic rings. The van der Waals surface area contributed by atoms with Gasteiger partial charge in [0.05, 0.1) is 11.3 Å². The number of aromatic nitrogens is 1. The number of pyridine rings is 1. The van der Waals surface area contributed by atoms with E-state index in [4.69, 9.17) is 5.14 Å². The second-order valence-corrected chi connectivity index (χ2v) is 8.63. The summed E-state index contributed by atoms with van der Waals surface area (Å²) in [6.07, 6.45) is 6.96. The zero-order valence-electron chi connectivity index (χ0n) is 15.8. The van der Waals surface area contributed by atoms with E-state index in [9.17, 15) is 13.2 Å². The van der Waals surface area contributed by atoms with Crippen LogP contribution in [0.3, 0.4) is 0 Å². The minimum atomic E-state index is -3.72. The van der Waals surface area contributed by atoms with Gasteiger partial charge in [-0.2, -0.15) is 0 Å². The maximum atomic E-state index is 12.1. The third-order valence-corrected chi connectivity index (χ3v) is 5.77. The molecule has 2 heterocycles. The van der Waals surface area contributed by atoms with Crippen LogP contribution in [0.25, 0.3) is 0 Å². The average Bonchev–Trinajstić information content (AvgIpc) is 2.96. The Morgan fingerprint density at radius 1 is 1.00 bits per heavy atom. The van der Waals surface area contributed by atoms with E-state index in [1.54, 1.807) is 18.3 Å². The SMILES string of the molecule is NS(=O)(=O)c1ccc(CC(=O)NCc2ccc(N3CCCCCC3)nc2)cc1. The highest BCUT2D eigenvalue weighted by atomic mass is 32.2. The van der Waals surface area contributed by atoms with Gasteiger partial charge in [0.1, 0.15) is 5.82 Å². The lowest BCUT2D eigenvalue weighted by atomic mass is 10.1. The van der Waals surface area contributed by atoms with Crippen molar-refractivity contribution in [1.29, 1.82) is 0 Å². The number of sulfonamides is 1. The molecule has 1 saturated heterocycles. The molecule has 1 aliphatic heterocycles. The van der Waals surface area contributed by atoms with E-state index in [0.717, 1.165) is 30.0 Å². The van der Waals surface area contributed by atoms with Crippen LogP contribution in [0.4, 0.5) is 5.82 Å². The van der Waals surface area contributed by atoms with Crippen molar-refractivity contribution in [2.75, 3.05) is 18.0 Å². The Morgan fingerprint density at radius 3 is 2.21 bits per heavy atom. The van der Waals surface area contributed by atoms with Crippen LogP contribution in [0.1, 0.15) is 36.8 Å². The molecule has 28 heavy (non-hydrogen) atoms. The van der Waals surface area contributed by atoms with Crippen LogP contribution in [-0.4, -0.2) is 32.4 Å². The van der Waals surface area contributed by atoms with Crippen molar-refractivity contribution in [1.82, 2.24) is 10.3 Å². The van der Waals surface area contributed by atoms with E-state index < -0.39 is 10.0 Å². The molecule has 3 N–H and O–H groups in total. The fourth-order valence-corrected chi connectivity index (χ4v) is 3.77. The monoisotopic (exact) mass is 402 g/mol. The van der Waals surface area contributed by atoms with Gasteiger partial charge in [-0.3, -0.25) is 4.79 Å². The number of benzene rings is 1. The van der Waals surface area contributed by atoms with Crippen molar-refractivity contribution in [2.24, 2.45) is 5.14 Å². The van der Waals surface area contributed by atoms with Crippen molar-refractivity contribution in [3.8, 4) is 0 Å². The van der Waals surface area contributed by atoms with Crippen molar-refractivity contribution in [3.63, 3.8) is 0 Å². The van der Waals surface area contributed by atoms with Gasteiger partial charge in [-0.1, -0.05) is 31.0 Å². The summed E-state index contributed by atoms with van der Waals surface area (Å²) in [6, 6.07) is 10.0. The summed E-state index contributed by atoms with van der Waals surface area (Å²) >= 11 is 0. The first kappa shape index (κ1) is 20.3. The molecular weight excluding hydrogens is 376 g/mol. The fourth-order valence-electron chi connectivity index (χ4n) is 3.25. The number of hydrogen-bond donors (Lipinski definition) is 2. The maximum absolute atomic E-state index is 12.1. The highest BCUT2D eigenvalue weighted by Gasteiger charge is 2.11. The summed E-state index contributed by atoms with van der Waals surface area (Å²) in [4.78, 5) is 19.0. The third kappa shape index (κ3) is 5.77. The molecule has 0 aliphatic carbocycles. The van der Waals surface area contributed by atoms with Crippen LogP contribution in [-0.2, 0) is 27.8 Å². The normalized spacial score (nSPS) is 15.1. The highest BCUT2D eigenvalue weighted by Crippen LogP contribution is 2.17. The molecule has 8 heteroatoms. The van der Waals surface area contributed by atoms with E-state index in [-0.39, 0.29) is 17.2 Å². The molecule has 1 fully saturated rings. The first-order valence-electron chi connectivity index (χ1n) is 9.50. The molecule has 1 aromatic heterocycles. The van der Waals surface area contributed by atoms with Crippen molar-refractivity contribution < 1.29 is 13.2 Å². The number of amides is 1. The molecule has 1 amide bonds. The molecule has 2 aromatic rings.